The van der Waals surface area contributed by atoms with Gasteiger partial charge < -0.3 is 19.7 Å². The van der Waals surface area contributed by atoms with E-state index in [1.807, 2.05) is 34.5 Å². The van der Waals surface area contributed by atoms with Crippen LogP contribution in [0.2, 0.25) is 0 Å². The monoisotopic (exact) mass is 445 g/mol. The molecular weight excluding hydrogens is 421 g/mol. The lowest BCUT2D eigenvalue weighted by atomic mass is 10.2. The topological polar surface area (TPSA) is 54.0 Å². The van der Waals surface area contributed by atoms with Gasteiger partial charge in [0.15, 0.2) is 11.5 Å². The molecule has 0 unspecified atom stereocenters. The second-order valence-corrected chi connectivity index (χ2v) is 7.45. The van der Waals surface area contributed by atoms with Crippen molar-refractivity contribution in [3.8, 4) is 11.5 Å². The zero-order chi connectivity index (χ0) is 17.8. The van der Waals surface area contributed by atoms with Crippen molar-refractivity contribution >= 4 is 47.7 Å². The van der Waals surface area contributed by atoms with E-state index in [4.69, 9.17) is 9.47 Å². The van der Waals surface area contributed by atoms with E-state index < -0.39 is 0 Å². The van der Waals surface area contributed by atoms with Crippen LogP contribution in [-0.2, 0) is 11.3 Å². The molecule has 154 valence electrons. The lowest BCUT2D eigenvalue weighted by molar-refractivity contribution is -0.120. The van der Waals surface area contributed by atoms with Crippen LogP contribution < -0.4 is 19.7 Å². The van der Waals surface area contributed by atoms with Crippen molar-refractivity contribution in [2.24, 2.45) is 0 Å². The van der Waals surface area contributed by atoms with Crippen molar-refractivity contribution in [3.05, 3.63) is 40.6 Å². The number of hydrogen-bond acceptors (Lipinski definition) is 6. The molecule has 0 bridgehead atoms. The maximum atomic E-state index is 13.1. The Hall–Kier alpha value is -1.51. The Morgan fingerprint density at radius 2 is 1.86 bits per heavy atom. The van der Waals surface area contributed by atoms with Gasteiger partial charge in [-0.05, 0) is 23.6 Å². The van der Waals surface area contributed by atoms with Crippen LogP contribution in [0.5, 0.6) is 11.5 Å². The maximum Gasteiger partial charge on any atom is 0.241 e. The van der Waals surface area contributed by atoms with Crippen molar-refractivity contribution in [1.82, 2.24) is 10.2 Å². The molecule has 2 aliphatic heterocycles. The minimum atomic E-state index is 0. The SMILES string of the molecule is Cl.Cl.O=C(CN1CCNCC1)N(Cc1cccs1)c1ccc2c(c1)OCCO2. The van der Waals surface area contributed by atoms with Crippen LogP contribution in [-0.4, -0.2) is 56.7 Å². The van der Waals surface area contributed by atoms with Crippen molar-refractivity contribution in [2.45, 2.75) is 6.54 Å². The zero-order valence-corrected chi connectivity index (χ0v) is 17.9. The van der Waals surface area contributed by atoms with Crippen LogP contribution in [0.1, 0.15) is 4.88 Å². The molecule has 1 aromatic carbocycles. The van der Waals surface area contributed by atoms with E-state index in [1.165, 1.54) is 0 Å². The molecule has 1 aromatic heterocycles. The van der Waals surface area contributed by atoms with Crippen molar-refractivity contribution in [3.63, 3.8) is 0 Å². The number of ether oxygens (including phenoxy) is 2. The first-order valence-corrected chi connectivity index (χ1v) is 9.83. The van der Waals surface area contributed by atoms with E-state index in [9.17, 15) is 4.79 Å². The van der Waals surface area contributed by atoms with Crippen molar-refractivity contribution < 1.29 is 14.3 Å². The molecule has 2 aromatic rings. The van der Waals surface area contributed by atoms with Crippen LogP contribution in [0.25, 0.3) is 0 Å². The third-order valence-electron chi connectivity index (χ3n) is 4.60. The highest BCUT2D eigenvalue weighted by Gasteiger charge is 2.23. The number of benzene rings is 1. The number of carbonyl (C=O) groups excluding carboxylic acids is 1. The summed E-state index contributed by atoms with van der Waals surface area (Å²) in [5.74, 6) is 1.56. The van der Waals surface area contributed by atoms with Crippen molar-refractivity contribution in [2.75, 3.05) is 50.8 Å². The number of anilines is 1. The third kappa shape index (κ3) is 5.52. The lowest BCUT2D eigenvalue weighted by Gasteiger charge is -2.30. The van der Waals surface area contributed by atoms with Crippen LogP contribution in [0.3, 0.4) is 0 Å². The average Bonchev–Trinajstić information content (AvgIpc) is 3.20. The molecule has 0 atom stereocenters. The highest BCUT2D eigenvalue weighted by Crippen LogP contribution is 2.34. The lowest BCUT2D eigenvalue weighted by Crippen LogP contribution is -2.48. The fourth-order valence-electron chi connectivity index (χ4n) is 3.23. The molecule has 3 heterocycles. The predicted octanol–water partition coefficient (Wildman–Crippen LogP) is 2.80. The first-order valence-electron chi connectivity index (χ1n) is 8.95. The van der Waals surface area contributed by atoms with Crippen molar-refractivity contribution in [1.29, 1.82) is 0 Å². The molecule has 1 saturated heterocycles. The Morgan fingerprint density at radius 1 is 1.11 bits per heavy atom. The number of piperazine rings is 1. The summed E-state index contributed by atoms with van der Waals surface area (Å²) in [6.45, 7) is 5.77. The van der Waals surface area contributed by atoms with Gasteiger partial charge in [-0.2, -0.15) is 0 Å². The minimum Gasteiger partial charge on any atom is -0.486 e. The molecule has 9 heteroatoms. The number of nitrogens with zero attached hydrogens (tertiary/aromatic N) is 2. The van der Waals surface area contributed by atoms with Gasteiger partial charge >= 0.3 is 0 Å². The zero-order valence-electron chi connectivity index (χ0n) is 15.5. The maximum absolute atomic E-state index is 13.1. The number of halogens is 2. The van der Waals surface area contributed by atoms with Crippen LogP contribution in [0.15, 0.2) is 35.7 Å². The van der Waals surface area contributed by atoms with Gasteiger partial charge in [-0.25, -0.2) is 0 Å². The molecular formula is C19H25Cl2N3O3S. The summed E-state index contributed by atoms with van der Waals surface area (Å²) in [6.07, 6.45) is 0. The van der Waals surface area contributed by atoms with Gasteiger partial charge in [0, 0.05) is 42.8 Å². The molecule has 4 rings (SSSR count). The molecule has 0 spiro atoms. The molecule has 1 amide bonds. The van der Waals surface area contributed by atoms with E-state index in [0.29, 0.717) is 32.1 Å². The van der Waals surface area contributed by atoms with Gasteiger partial charge in [-0.15, -0.1) is 36.2 Å². The summed E-state index contributed by atoms with van der Waals surface area (Å²) in [6, 6.07) is 9.83. The predicted molar refractivity (Wildman–Crippen MR) is 117 cm³/mol. The Kier molecular flexibility index (Phi) is 8.85. The summed E-state index contributed by atoms with van der Waals surface area (Å²) in [4.78, 5) is 18.3. The second-order valence-electron chi connectivity index (χ2n) is 6.41. The highest BCUT2D eigenvalue weighted by molar-refractivity contribution is 7.09. The number of fused-ring (bicyclic) bond motifs is 1. The van der Waals surface area contributed by atoms with Crippen LogP contribution in [0, 0.1) is 0 Å². The minimum absolute atomic E-state index is 0. The molecule has 1 fully saturated rings. The normalized spacial score (nSPS) is 15.9. The molecule has 0 aliphatic carbocycles. The Bertz CT molecular complexity index is 755. The molecule has 0 radical (unpaired) electrons. The van der Waals surface area contributed by atoms with Gasteiger partial charge in [0.05, 0.1) is 13.1 Å². The first-order chi connectivity index (χ1) is 12.8. The smallest absolute Gasteiger partial charge is 0.241 e. The number of carbonyl (C=O) groups is 1. The van der Waals surface area contributed by atoms with Crippen LogP contribution in [0.4, 0.5) is 5.69 Å². The van der Waals surface area contributed by atoms with E-state index >= 15 is 0 Å². The molecule has 28 heavy (non-hydrogen) atoms. The van der Waals surface area contributed by atoms with E-state index in [1.54, 1.807) is 11.3 Å². The summed E-state index contributed by atoms with van der Waals surface area (Å²) in [7, 11) is 0. The third-order valence-corrected chi connectivity index (χ3v) is 5.46. The van der Waals surface area contributed by atoms with Crippen LogP contribution >= 0.6 is 36.2 Å². The second kappa shape index (κ2) is 10.9. The molecule has 1 N–H and O–H groups in total. The standard InChI is InChI=1S/C19H23N3O3S.2ClH/c23-19(14-21-7-5-20-6-8-21)22(13-16-2-1-11-26-16)15-3-4-17-18(12-15)25-10-9-24-17;;/h1-4,11-12,20H,5-10,13-14H2;2*1H. The largest absolute Gasteiger partial charge is 0.486 e. The Balaban J connectivity index is 0.00000140. The summed E-state index contributed by atoms with van der Waals surface area (Å²) < 4.78 is 11.3. The number of amides is 1. The quantitative estimate of drug-likeness (QED) is 0.766. The molecule has 2 aliphatic rings. The number of nitrogens with one attached hydrogen (secondary N) is 1. The first kappa shape index (κ1) is 22.8. The molecule has 0 saturated carbocycles. The highest BCUT2D eigenvalue weighted by atomic mass is 35.5. The van der Waals surface area contributed by atoms with Gasteiger partial charge in [-0.1, -0.05) is 6.07 Å². The number of hydrogen-bond donors (Lipinski definition) is 1. The average molecular weight is 446 g/mol. The van der Waals surface area contributed by atoms with Gasteiger partial charge in [0.25, 0.3) is 0 Å². The van der Waals surface area contributed by atoms with Gasteiger partial charge in [0.2, 0.25) is 5.91 Å². The molecule has 6 nitrogen and oxygen atoms in total. The van der Waals surface area contributed by atoms with Gasteiger partial charge in [-0.3, -0.25) is 9.69 Å². The van der Waals surface area contributed by atoms with E-state index in [-0.39, 0.29) is 30.7 Å². The number of rotatable bonds is 5. The Labute approximate surface area is 181 Å². The fourth-order valence-corrected chi connectivity index (χ4v) is 3.92. The number of thiophene rings is 1. The van der Waals surface area contributed by atoms with E-state index in [0.717, 1.165) is 42.5 Å². The Morgan fingerprint density at radius 3 is 2.57 bits per heavy atom. The fraction of sp³-hybridized carbons (Fsp3) is 0.421. The summed E-state index contributed by atoms with van der Waals surface area (Å²) >= 11 is 1.66. The summed E-state index contributed by atoms with van der Waals surface area (Å²) in [5.41, 5.74) is 0.850. The summed E-state index contributed by atoms with van der Waals surface area (Å²) in [5, 5.41) is 5.36. The van der Waals surface area contributed by atoms with E-state index in [2.05, 4.69) is 16.3 Å². The van der Waals surface area contributed by atoms with Gasteiger partial charge in [0.1, 0.15) is 13.2 Å².